The Hall–Kier alpha value is -1.06. The van der Waals surface area contributed by atoms with Crippen molar-refractivity contribution in [3.05, 3.63) is 0 Å². The van der Waals surface area contributed by atoms with Gasteiger partial charge in [0.2, 0.25) is 11.8 Å². The van der Waals surface area contributed by atoms with E-state index in [9.17, 15) is 9.59 Å². The molecule has 2 amide bonds. The zero-order chi connectivity index (χ0) is 9.84. The molecule has 1 aliphatic heterocycles. The summed E-state index contributed by atoms with van der Waals surface area (Å²) in [6, 6.07) is 0.0993. The van der Waals surface area contributed by atoms with Crippen molar-refractivity contribution in [2.45, 2.75) is 32.7 Å². The van der Waals surface area contributed by atoms with Crippen LogP contribution < -0.4 is 10.6 Å². The smallest absolute Gasteiger partial charge is 0.232 e. The monoisotopic (exact) mass is 184 g/mol. The summed E-state index contributed by atoms with van der Waals surface area (Å²) in [5.41, 5.74) is 0. The lowest BCUT2D eigenvalue weighted by molar-refractivity contribution is -0.137. The molecule has 1 atom stereocenters. The molecule has 1 fully saturated rings. The molecule has 1 unspecified atom stereocenters. The summed E-state index contributed by atoms with van der Waals surface area (Å²) in [6.45, 7) is 4.47. The van der Waals surface area contributed by atoms with E-state index in [2.05, 4.69) is 10.6 Å². The van der Waals surface area contributed by atoms with E-state index in [0.29, 0.717) is 13.0 Å². The fourth-order valence-corrected chi connectivity index (χ4v) is 1.41. The van der Waals surface area contributed by atoms with Crippen molar-refractivity contribution in [3.63, 3.8) is 0 Å². The third kappa shape index (κ3) is 2.72. The van der Waals surface area contributed by atoms with E-state index in [1.807, 2.05) is 13.8 Å². The zero-order valence-corrected chi connectivity index (χ0v) is 8.09. The minimum absolute atomic E-state index is 0.0993. The van der Waals surface area contributed by atoms with E-state index >= 15 is 0 Å². The van der Waals surface area contributed by atoms with Crippen LogP contribution in [0.4, 0.5) is 0 Å². The van der Waals surface area contributed by atoms with Gasteiger partial charge in [0.05, 0.1) is 0 Å². The number of hydrogen-bond donors (Lipinski definition) is 2. The number of hydrogen-bond acceptors (Lipinski definition) is 2. The predicted molar refractivity (Wildman–Crippen MR) is 49.0 cm³/mol. The van der Waals surface area contributed by atoms with Crippen LogP contribution in [-0.4, -0.2) is 24.4 Å². The molecule has 0 aromatic heterocycles. The standard InChI is InChI=1S/C9H16N2O2/c1-6(2)11-9(13)7-4-3-5-10-8(7)12/h6-7H,3-5H2,1-2H3,(H,10,12)(H,11,13). The maximum absolute atomic E-state index is 11.4. The van der Waals surface area contributed by atoms with Crippen LogP contribution in [0.5, 0.6) is 0 Å². The van der Waals surface area contributed by atoms with Gasteiger partial charge in [-0.05, 0) is 26.7 Å². The summed E-state index contributed by atoms with van der Waals surface area (Å²) < 4.78 is 0. The van der Waals surface area contributed by atoms with Gasteiger partial charge in [0.15, 0.2) is 0 Å². The molecule has 1 aliphatic rings. The largest absolute Gasteiger partial charge is 0.355 e. The van der Waals surface area contributed by atoms with Crippen LogP contribution in [0.3, 0.4) is 0 Å². The van der Waals surface area contributed by atoms with Gasteiger partial charge in [-0.2, -0.15) is 0 Å². The van der Waals surface area contributed by atoms with E-state index in [4.69, 9.17) is 0 Å². The lowest BCUT2D eigenvalue weighted by Crippen LogP contribution is -2.46. The van der Waals surface area contributed by atoms with Gasteiger partial charge in [0.1, 0.15) is 5.92 Å². The molecule has 1 heterocycles. The van der Waals surface area contributed by atoms with Crippen LogP contribution in [0, 0.1) is 5.92 Å². The van der Waals surface area contributed by atoms with E-state index in [1.165, 1.54) is 0 Å². The summed E-state index contributed by atoms with van der Waals surface area (Å²) in [7, 11) is 0. The lowest BCUT2D eigenvalue weighted by Gasteiger charge is -2.21. The van der Waals surface area contributed by atoms with Gasteiger partial charge in [-0.3, -0.25) is 9.59 Å². The van der Waals surface area contributed by atoms with Gasteiger partial charge >= 0.3 is 0 Å². The normalized spacial score (nSPS) is 22.7. The molecule has 0 aromatic rings. The fraction of sp³-hybridized carbons (Fsp3) is 0.778. The quantitative estimate of drug-likeness (QED) is 0.595. The Morgan fingerprint density at radius 2 is 2.31 bits per heavy atom. The van der Waals surface area contributed by atoms with Crippen LogP contribution in [0.2, 0.25) is 0 Å². The Bertz CT molecular complexity index is 214. The van der Waals surface area contributed by atoms with Crippen molar-refractivity contribution >= 4 is 11.8 Å². The number of carbonyl (C=O) groups excluding carboxylic acids is 2. The number of rotatable bonds is 2. The van der Waals surface area contributed by atoms with Crippen molar-refractivity contribution in [2.75, 3.05) is 6.54 Å². The number of carbonyl (C=O) groups is 2. The minimum atomic E-state index is -0.476. The molecule has 0 bridgehead atoms. The minimum Gasteiger partial charge on any atom is -0.355 e. The highest BCUT2D eigenvalue weighted by Gasteiger charge is 2.28. The molecule has 1 rings (SSSR count). The second-order valence-corrected chi connectivity index (χ2v) is 3.65. The molecular weight excluding hydrogens is 168 g/mol. The van der Waals surface area contributed by atoms with Crippen LogP contribution in [0.15, 0.2) is 0 Å². The third-order valence-corrected chi connectivity index (χ3v) is 2.03. The first-order chi connectivity index (χ1) is 6.11. The second kappa shape index (κ2) is 4.25. The summed E-state index contributed by atoms with van der Waals surface area (Å²) in [4.78, 5) is 22.7. The van der Waals surface area contributed by atoms with Crippen molar-refractivity contribution < 1.29 is 9.59 Å². The molecule has 0 spiro atoms. The van der Waals surface area contributed by atoms with Crippen molar-refractivity contribution in [1.29, 1.82) is 0 Å². The Morgan fingerprint density at radius 3 is 2.85 bits per heavy atom. The highest BCUT2D eigenvalue weighted by atomic mass is 16.2. The maximum atomic E-state index is 11.4. The number of amides is 2. The Morgan fingerprint density at radius 1 is 1.62 bits per heavy atom. The van der Waals surface area contributed by atoms with E-state index in [1.54, 1.807) is 0 Å². The Labute approximate surface area is 78.1 Å². The lowest BCUT2D eigenvalue weighted by atomic mass is 9.97. The van der Waals surface area contributed by atoms with Crippen LogP contribution in [0.1, 0.15) is 26.7 Å². The highest BCUT2D eigenvalue weighted by molar-refractivity contribution is 6.00. The van der Waals surface area contributed by atoms with Crippen LogP contribution in [0.25, 0.3) is 0 Å². The van der Waals surface area contributed by atoms with Crippen LogP contribution in [-0.2, 0) is 9.59 Å². The molecule has 74 valence electrons. The predicted octanol–water partition coefficient (Wildman–Crippen LogP) is 0.0372. The zero-order valence-electron chi connectivity index (χ0n) is 8.09. The molecule has 0 aliphatic carbocycles. The van der Waals surface area contributed by atoms with Gasteiger partial charge in [-0.15, -0.1) is 0 Å². The highest BCUT2D eigenvalue weighted by Crippen LogP contribution is 2.11. The first-order valence-electron chi connectivity index (χ1n) is 4.69. The Kier molecular flexibility index (Phi) is 3.28. The van der Waals surface area contributed by atoms with Crippen molar-refractivity contribution in [1.82, 2.24) is 10.6 Å². The molecule has 0 saturated carbocycles. The van der Waals surface area contributed by atoms with Crippen molar-refractivity contribution in [3.8, 4) is 0 Å². The second-order valence-electron chi connectivity index (χ2n) is 3.65. The van der Waals surface area contributed by atoms with Crippen LogP contribution >= 0.6 is 0 Å². The summed E-state index contributed by atoms with van der Waals surface area (Å²) in [5, 5.41) is 5.43. The SMILES string of the molecule is CC(C)NC(=O)C1CCCNC1=O. The molecule has 13 heavy (non-hydrogen) atoms. The fourth-order valence-electron chi connectivity index (χ4n) is 1.41. The molecule has 0 aromatic carbocycles. The molecule has 4 heteroatoms. The van der Waals surface area contributed by atoms with E-state index in [-0.39, 0.29) is 17.9 Å². The van der Waals surface area contributed by atoms with Gasteiger partial charge < -0.3 is 10.6 Å². The summed E-state index contributed by atoms with van der Waals surface area (Å²) >= 11 is 0. The molecule has 0 radical (unpaired) electrons. The van der Waals surface area contributed by atoms with Gasteiger partial charge in [0.25, 0.3) is 0 Å². The summed E-state index contributed by atoms with van der Waals surface area (Å²) in [5.74, 6) is -0.757. The first kappa shape index (κ1) is 10.0. The number of piperidine rings is 1. The summed E-state index contributed by atoms with van der Waals surface area (Å²) in [6.07, 6.45) is 1.56. The van der Waals surface area contributed by atoms with Crippen molar-refractivity contribution in [2.24, 2.45) is 5.92 Å². The Balaban J connectivity index is 2.49. The third-order valence-electron chi connectivity index (χ3n) is 2.03. The van der Waals surface area contributed by atoms with Gasteiger partial charge in [-0.25, -0.2) is 0 Å². The van der Waals surface area contributed by atoms with Gasteiger partial charge in [0, 0.05) is 12.6 Å². The first-order valence-corrected chi connectivity index (χ1v) is 4.69. The molecule has 1 saturated heterocycles. The average molecular weight is 184 g/mol. The topological polar surface area (TPSA) is 58.2 Å². The molecule has 2 N–H and O–H groups in total. The maximum Gasteiger partial charge on any atom is 0.232 e. The molecule has 4 nitrogen and oxygen atoms in total. The number of nitrogens with one attached hydrogen (secondary N) is 2. The molecular formula is C9H16N2O2. The average Bonchev–Trinajstić information content (AvgIpc) is 2.03. The van der Waals surface area contributed by atoms with Gasteiger partial charge in [-0.1, -0.05) is 0 Å². The van der Waals surface area contributed by atoms with E-state index in [0.717, 1.165) is 6.42 Å². The van der Waals surface area contributed by atoms with E-state index < -0.39 is 5.92 Å².